The first kappa shape index (κ1) is 15.4. The number of rotatable bonds is 6. The average molecular weight is 257 g/mol. The lowest BCUT2D eigenvalue weighted by Gasteiger charge is -2.34. The maximum Gasteiger partial charge on any atom is 0.323 e. The topological polar surface area (TPSA) is 38.8 Å². The van der Waals surface area contributed by atoms with Crippen molar-refractivity contribution in [3.8, 4) is 0 Å². The second-order valence-electron chi connectivity index (χ2n) is 5.45. The molecule has 0 unspecified atom stereocenters. The van der Waals surface area contributed by atoms with E-state index in [0.29, 0.717) is 6.61 Å². The van der Waals surface area contributed by atoms with E-state index in [1.165, 1.54) is 0 Å². The molecule has 0 amide bonds. The maximum atomic E-state index is 12.0. The summed E-state index contributed by atoms with van der Waals surface area (Å²) in [6, 6.07) is -0.0723. The van der Waals surface area contributed by atoms with Crippen molar-refractivity contribution in [1.29, 1.82) is 0 Å². The number of carbonyl (C=O) groups excluding carboxylic acids is 1. The van der Waals surface area contributed by atoms with Gasteiger partial charge < -0.3 is 9.47 Å². The van der Waals surface area contributed by atoms with E-state index in [2.05, 4.69) is 4.90 Å². The molecule has 0 aromatic rings. The predicted molar refractivity (Wildman–Crippen MR) is 71.5 cm³/mol. The number of likely N-dealkylation sites (tertiary alicyclic amines) is 1. The number of nitrogens with zero attached hydrogens (tertiary/aromatic N) is 1. The van der Waals surface area contributed by atoms with Gasteiger partial charge in [0.2, 0.25) is 0 Å². The van der Waals surface area contributed by atoms with E-state index in [1.807, 2.05) is 27.7 Å². The lowest BCUT2D eigenvalue weighted by molar-refractivity contribution is -0.155. The molecule has 1 heterocycles. The first-order valence-electron chi connectivity index (χ1n) is 7.07. The quantitative estimate of drug-likeness (QED) is 0.684. The van der Waals surface area contributed by atoms with Gasteiger partial charge in [-0.15, -0.1) is 0 Å². The van der Waals surface area contributed by atoms with Crippen molar-refractivity contribution in [2.24, 2.45) is 0 Å². The summed E-state index contributed by atoms with van der Waals surface area (Å²) in [6.07, 6.45) is 3.39. The Morgan fingerprint density at radius 3 is 2.56 bits per heavy atom. The van der Waals surface area contributed by atoms with E-state index >= 15 is 0 Å². The molecule has 106 valence electrons. The summed E-state index contributed by atoms with van der Waals surface area (Å²) < 4.78 is 10.9. The van der Waals surface area contributed by atoms with Gasteiger partial charge in [-0.05, 0) is 47.1 Å². The second-order valence-corrected chi connectivity index (χ2v) is 5.45. The number of esters is 1. The number of piperidine rings is 1. The summed E-state index contributed by atoms with van der Waals surface area (Å²) in [5.41, 5.74) is 0. The van der Waals surface area contributed by atoms with Crippen LogP contribution in [0, 0.1) is 0 Å². The molecule has 1 atom stereocenters. The fourth-order valence-electron chi connectivity index (χ4n) is 2.24. The van der Waals surface area contributed by atoms with Crippen molar-refractivity contribution in [3.05, 3.63) is 0 Å². The predicted octanol–water partition coefficient (Wildman–Crippen LogP) is 2.22. The van der Waals surface area contributed by atoms with Crippen molar-refractivity contribution >= 4 is 5.97 Å². The van der Waals surface area contributed by atoms with Crippen LogP contribution in [0.1, 0.15) is 47.0 Å². The molecule has 4 nitrogen and oxygen atoms in total. The Balaban J connectivity index is 2.43. The number of hydrogen-bond acceptors (Lipinski definition) is 4. The smallest absolute Gasteiger partial charge is 0.323 e. The van der Waals surface area contributed by atoms with E-state index in [0.717, 1.165) is 32.4 Å². The minimum Gasteiger partial charge on any atom is -0.462 e. The summed E-state index contributed by atoms with van der Waals surface area (Å²) in [7, 11) is 0. The van der Waals surface area contributed by atoms with Crippen LogP contribution in [0.2, 0.25) is 0 Å². The van der Waals surface area contributed by atoms with E-state index in [4.69, 9.17) is 9.47 Å². The zero-order valence-electron chi connectivity index (χ0n) is 12.1. The highest BCUT2D eigenvalue weighted by Gasteiger charge is 2.30. The molecule has 18 heavy (non-hydrogen) atoms. The molecule has 0 N–H and O–H groups in total. The van der Waals surface area contributed by atoms with Crippen molar-refractivity contribution < 1.29 is 14.3 Å². The summed E-state index contributed by atoms with van der Waals surface area (Å²) in [6.45, 7) is 10.3. The third-order valence-electron chi connectivity index (χ3n) is 3.07. The van der Waals surface area contributed by atoms with E-state index in [-0.39, 0.29) is 24.2 Å². The fourth-order valence-corrected chi connectivity index (χ4v) is 2.24. The van der Waals surface area contributed by atoms with Gasteiger partial charge >= 0.3 is 5.97 Å². The molecule has 1 rings (SSSR count). The van der Waals surface area contributed by atoms with Crippen molar-refractivity contribution in [1.82, 2.24) is 4.90 Å². The zero-order chi connectivity index (χ0) is 13.5. The average Bonchev–Trinajstić information content (AvgIpc) is 2.28. The first-order chi connectivity index (χ1) is 8.50. The molecule has 1 saturated heterocycles. The van der Waals surface area contributed by atoms with Crippen LogP contribution < -0.4 is 0 Å². The fraction of sp³-hybridized carbons (Fsp3) is 0.929. The Morgan fingerprint density at radius 2 is 1.94 bits per heavy atom. The second kappa shape index (κ2) is 7.74. The van der Waals surface area contributed by atoms with Crippen LogP contribution in [-0.4, -0.2) is 48.8 Å². The van der Waals surface area contributed by atoms with Crippen LogP contribution in [0.15, 0.2) is 0 Å². The van der Waals surface area contributed by atoms with Gasteiger partial charge in [0.05, 0.1) is 18.8 Å². The van der Waals surface area contributed by atoms with Gasteiger partial charge in [-0.25, -0.2) is 0 Å². The van der Waals surface area contributed by atoms with Crippen LogP contribution >= 0.6 is 0 Å². The number of carbonyl (C=O) groups is 1. The van der Waals surface area contributed by atoms with Crippen molar-refractivity contribution in [3.63, 3.8) is 0 Å². The van der Waals surface area contributed by atoms with Crippen molar-refractivity contribution in [2.45, 2.75) is 65.2 Å². The van der Waals surface area contributed by atoms with Crippen LogP contribution in [0.4, 0.5) is 0 Å². The highest BCUT2D eigenvalue weighted by Crippen LogP contribution is 2.18. The Hall–Kier alpha value is -0.610. The van der Waals surface area contributed by atoms with Gasteiger partial charge in [0.25, 0.3) is 0 Å². The van der Waals surface area contributed by atoms with E-state index < -0.39 is 0 Å². The molecular weight excluding hydrogens is 230 g/mol. The van der Waals surface area contributed by atoms with Gasteiger partial charge in [0.1, 0.15) is 6.04 Å². The Bertz CT molecular complexity index is 253. The highest BCUT2D eigenvalue weighted by molar-refractivity contribution is 5.76. The molecule has 0 saturated carbocycles. The van der Waals surface area contributed by atoms with Gasteiger partial charge in [-0.3, -0.25) is 9.69 Å². The van der Waals surface area contributed by atoms with Gasteiger partial charge in [0.15, 0.2) is 0 Å². The normalized spacial score (nSPS) is 21.6. The van der Waals surface area contributed by atoms with Crippen LogP contribution in [0.5, 0.6) is 0 Å². The molecular formula is C14H27NO3. The molecule has 0 aromatic heterocycles. The summed E-state index contributed by atoms with van der Waals surface area (Å²) >= 11 is 0. The molecule has 0 aliphatic carbocycles. The Kier molecular flexibility index (Phi) is 6.65. The Morgan fingerprint density at radius 1 is 1.22 bits per heavy atom. The zero-order valence-corrected chi connectivity index (χ0v) is 12.1. The lowest BCUT2D eigenvalue weighted by Crippen LogP contribution is -2.47. The summed E-state index contributed by atoms with van der Waals surface area (Å²) in [5, 5.41) is 0. The standard InChI is InChI=1S/C14H27NO3/c1-11(2)17-10-9-15-8-6-5-7-13(15)14(16)18-12(3)4/h11-13H,5-10H2,1-4H3/t13-/m0/s1. The van der Waals surface area contributed by atoms with E-state index in [9.17, 15) is 4.79 Å². The molecule has 1 aliphatic rings. The third-order valence-corrected chi connectivity index (χ3v) is 3.07. The third kappa shape index (κ3) is 5.36. The number of ether oxygens (including phenoxy) is 2. The van der Waals surface area contributed by atoms with Crippen LogP contribution in [0.25, 0.3) is 0 Å². The maximum absolute atomic E-state index is 12.0. The molecule has 1 aliphatic heterocycles. The summed E-state index contributed by atoms with van der Waals surface area (Å²) in [5.74, 6) is -0.0748. The molecule has 4 heteroatoms. The van der Waals surface area contributed by atoms with Crippen LogP contribution in [0.3, 0.4) is 0 Å². The monoisotopic (exact) mass is 257 g/mol. The SMILES string of the molecule is CC(C)OCCN1CCCC[C@H]1C(=O)OC(C)C. The van der Waals surface area contributed by atoms with Gasteiger partial charge in [-0.1, -0.05) is 6.42 Å². The molecule has 0 aromatic carbocycles. The first-order valence-corrected chi connectivity index (χ1v) is 7.07. The minimum absolute atomic E-state index is 0.0341. The lowest BCUT2D eigenvalue weighted by atomic mass is 10.0. The van der Waals surface area contributed by atoms with Gasteiger partial charge in [-0.2, -0.15) is 0 Å². The van der Waals surface area contributed by atoms with Gasteiger partial charge in [0, 0.05) is 6.54 Å². The molecule has 0 spiro atoms. The highest BCUT2D eigenvalue weighted by atomic mass is 16.5. The Labute approximate surface area is 111 Å². The molecule has 0 bridgehead atoms. The van der Waals surface area contributed by atoms with Crippen LogP contribution in [-0.2, 0) is 14.3 Å². The minimum atomic E-state index is -0.0748. The molecule has 1 fully saturated rings. The largest absolute Gasteiger partial charge is 0.462 e. The number of hydrogen-bond donors (Lipinski definition) is 0. The van der Waals surface area contributed by atoms with E-state index in [1.54, 1.807) is 0 Å². The molecule has 0 radical (unpaired) electrons. The summed E-state index contributed by atoms with van der Waals surface area (Å²) in [4.78, 5) is 14.2. The van der Waals surface area contributed by atoms with Crippen molar-refractivity contribution in [2.75, 3.05) is 19.7 Å².